The third kappa shape index (κ3) is 2.38. The predicted molar refractivity (Wildman–Crippen MR) is 94.3 cm³/mol. The average Bonchev–Trinajstić information content (AvgIpc) is 3.04. The van der Waals surface area contributed by atoms with Gasteiger partial charge in [0.05, 0.1) is 29.3 Å². The van der Waals surface area contributed by atoms with E-state index < -0.39 is 0 Å². The Morgan fingerprint density at radius 1 is 1.25 bits per heavy atom. The van der Waals surface area contributed by atoms with Crippen LogP contribution in [0.25, 0.3) is 0 Å². The Labute approximate surface area is 141 Å². The number of fused-ring (bicyclic) bond motifs is 2. The van der Waals surface area contributed by atoms with E-state index in [0.29, 0.717) is 13.1 Å². The van der Waals surface area contributed by atoms with Crippen molar-refractivity contribution in [3.8, 4) is 0 Å². The van der Waals surface area contributed by atoms with Crippen LogP contribution in [0.1, 0.15) is 43.0 Å². The van der Waals surface area contributed by atoms with Crippen molar-refractivity contribution in [3.05, 3.63) is 47.3 Å². The zero-order valence-electron chi connectivity index (χ0n) is 14.2. The predicted octanol–water partition coefficient (Wildman–Crippen LogP) is 1.82. The van der Waals surface area contributed by atoms with Gasteiger partial charge in [-0.3, -0.25) is 15.0 Å². The van der Waals surface area contributed by atoms with Crippen LogP contribution in [-0.4, -0.2) is 33.9 Å². The minimum Gasteiger partial charge on any atom is -0.330 e. The van der Waals surface area contributed by atoms with Gasteiger partial charge in [-0.1, -0.05) is 13.8 Å². The van der Waals surface area contributed by atoms with Gasteiger partial charge in [-0.25, -0.2) is 4.98 Å². The molecule has 0 bridgehead atoms. The van der Waals surface area contributed by atoms with Gasteiger partial charge in [-0.05, 0) is 25.0 Å². The van der Waals surface area contributed by atoms with E-state index in [2.05, 4.69) is 29.8 Å². The van der Waals surface area contributed by atoms with Gasteiger partial charge in [0.25, 0.3) is 0 Å². The molecule has 0 spiro atoms. The van der Waals surface area contributed by atoms with Gasteiger partial charge < -0.3 is 10.6 Å². The van der Waals surface area contributed by atoms with Crippen molar-refractivity contribution in [1.82, 2.24) is 15.0 Å². The second-order valence-electron chi connectivity index (χ2n) is 7.00. The summed E-state index contributed by atoms with van der Waals surface area (Å²) >= 11 is 0. The highest BCUT2D eigenvalue weighted by molar-refractivity contribution is 6.11. The number of hydrogen-bond donors (Lipinski definition) is 1. The number of aliphatic imine (C=N–C) groups is 1. The summed E-state index contributed by atoms with van der Waals surface area (Å²) in [5.74, 6) is 0.920. The van der Waals surface area contributed by atoms with Crippen molar-refractivity contribution in [2.24, 2.45) is 10.7 Å². The van der Waals surface area contributed by atoms with Crippen LogP contribution >= 0.6 is 0 Å². The number of hydrogen-bond acceptors (Lipinski definition) is 6. The van der Waals surface area contributed by atoms with Crippen LogP contribution in [0.4, 0.5) is 5.69 Å². The van der Waals surface area contributed by atoms with Crippen molar-refractivity contribution in [3.63, 3.8) is 0 Å². The van der Waals surface area contributed by atoms with Gasteiger partial charge in [0.15, 0.2) is 5.84 Å². The number of anilines is 1. The molecule has 0 saturated heterocycles. The number of amidine groups is 1. The summed E-state index contributed by atoms with van der Waals surface area (Å²) in [5.41, 5.74) is 10.7. The van der Waals surface area contributed by atoms with E-state index in [-0.39, 0.29) is 5.41 Å². The Kier molecular flexibility index (Phi) is 3.57. The highest BCUT2D eigenvalue weighted by Gasteiger charge is 2.30. The maximum atomic E-state index is 5.87. The highest BCUT2D eigenvalue weighted by atomic mass is 15.2. The van der Waals surface area contributed by atoms with Crippen LogP contribution < -0.4 is 10.6 Å². The fraction of sp³-hybridized carbons (Fsp3) is 0.444. The molecule has 0 radical (unpaired) electrons. The number of pyridine rings is 1. The summed E-state index contributed by atoms with van der Waals surface area (Å²) in [4.78, 5) is 21.0. The van der Waals surface area contributed by atoms with E-state index in [1.807, 2.05) is 18.5 Å². The van der Waals surface area contributed by atoms with Gasteiger partial charge in [0, 0.05) is 30.9 Å². The minimum absolute atomic E-state index is 0.174. The van der Waals surface area contributed by atoms with Gasteiger partial charge >= 0.3 is 0 Å². The van der Waals surface area contributed by atoms with E-state index in [4.69, 9.17) is 20.7 Å². The molecule has 0 unspecified atom stereocenters. The zero-order valence-corrected chi connectivity index (χ0v) is 14.2. The maximum Gasteiger partial charge on any atom is 0.156 e. The third-order valence-corrected chi connectivity index (χ3v) is 4.85. The number of aryl methyl sites for hydroxylation is 1. The Hall–Kier alpha value is -2.34. The Bertz CT molecular complexity index is 811. The van der Waals surface area contributed by atoms with Gasteiger partial charge in [-0.15, -0.1) is 0 Å². The molecular weight excluding hydrogens is 300 g/mol. The number of rotatable bonds is 2. The molecule has 0 aromatic carbocycles. The monoisotopic (exact) mass is 322 g/mol. The van der Waals surface area contributed by atoms with Crippen LogP contribution in [0.15, 0.2) is 29.5 Å². The van der Waals surface area contributed by atoms with Crippen LogP contribution in [0.5, 0.6) is 0 Å². The summed E-state index contributed by atoms with van der Waals surface area (Å²) in [6.45, 7) is 6.24. The lowest BCUT2D eigenvalue weighted by atomic mass is 9.90. The van der Waals surface area contributed by atoms with Crippen molar-refractivity contribution >= 4 is 11.5 Å². The molecule has 2 aromatic rings. The summed E-state index contributed by atoms with van der Waals surface area (Å²) in [5, 5.41) is 0. The van der Waals surface area contributed by atoms with Crippen LogP contribution in [0.2, 0.25) is 0 Å². The molecule has 124 valence electrons. The Morgan fingerprint density at radius 3 is 2.96 bits per heavy atom. The van der Waals surface area contributed by atoms with E-state index in [0.717, 1.165) is 53.7 Å². The molecular formula is C18H22N6. The molecule has 2 aliphatic rings. The Balaban J connectivity index is 1.71. The summed E-state index contributed by atoms with van der Waals surface area (Å²) in [6.07, 6.45) is 5.79. The minimum atomic E-state index is -0.174. The lowest BCUT2D eigenvalue weighted by molar-refractivity contribution is 0.516. The second kappa shape index (κ2) is 5.63. The first-order valence-corrected chi connectivity index (χ1v) is 8.43. The molecule has 6 nitrogen and oxygen atoms in total. The Morgan fingerprint density at radius 2 is 2.12 bits per heavy atom. The maximum absolute atomic E-state index is 5.87. The first-order chi connectivity index (χ1) is 11.6. The number of nitrogens with two attached hydrogens (primary N) is 1. The van der Waals surface area contributed by atoms with Crippen molar-refractivity contribution < 1.29 is 0 Å². The smallest absolute Gasteiger partial charge is 0.156 e. The largest absolute Gasteiger partial charge is 0.330 e. The topological polar surface area (TPSA) is 80.3 Å². The summed E-state index contributed by atoms with van der Waals surface area (Å²) < 4.78 is 0. The molecule has 4 rings (SSSR count). The second-order valence-corrected chi connectivity index (χ2v) is 7.00. The molecule has 24 heavy (non-hydrogen) atoms. The molecule has 0 amide bonds. The third-order valence-electron chi connectivity index (χ3n) is 4.85. The fourth-order valence-electron chi connectivity index (χ4n) is 3.21. The van der Waals surface area contributed by atoms with E-state index in [1.54, 1.807) is 0 Å². The standard InChI is InChI=1S/C18H22N6/c1-18(2,11-19)15-10-21-16-13(23-15)9-22-17(16)24-8-4-5-12-14(24)6-3-7-20-12/h3,6-7,10H,4-5,8-9,11,19H2,1-2H3. The van der Waals surface area contributed by atoms with Crippen molar-refractivity contribution in [1.29, 1.82) is 0 Å². The first kappa shape index (κ1) is 15.2. The van der Waals surface area contributed by atoms with E-state index >= 15 is 0 Å². The zero-order chi connectivity index (χ0) is 16.7. The first-order valence-electron chi connectivity index (χ1n) is 8.43. The highest BCUT2D eigenvalue weighted by Crippen LogP contribution is 2.30. The molecule has 0 atom stereocenters. The molecule has 0 saturated carbocycles. The van der Waals surface area contributed by atoms with Crippen LogP contribution in [0.3, 0.4) is 0 Å². The molecule has 2 N–H and O–H groups in total. The fourth-order valence-corrected chi connectivity index (χ4v) is 3.21. The SMILES string of the molecule is CC(C)(CN)c1cnc2c(n1)CN=C2N1CCCc2ncccc21. The molecule has 2 aliphatic heterocycles. The van der Waals surface area contributed by atoms with Crippen molar-refractivity contribution in [2.75, 3.05) is 18.0 Å². The molecule has 0 fully saturated rings. The average molecular weight is 322 g/mol. The quantitative estimate of drug-likeness (QED) is 0.912. The lowest BCUT2D eigenvalue weighted by Crippen LogP contribution is -2.36. The van der Waals surface area contributed by atoms with Gasteiger partial charge in [-0.2, -0.15) is 0 Å². The van der Waals surface area contributed by atoms with E-state index in [1.165, 1.54) is 0 Å². The number of aromatic nitrogens is 3. The van der Waals surface area contributed by atoms with Crippen LogP contribution in [0, 0.1) is 0 Å². The van der Waals surface area contributed by atoms with E-state index in [9.17, 15) is 0 Å². The number of nitrogens with zero attached hydrogens (tertiary/aromatic N) is 5. The van der Waals surface area contributed by atoms with Crippen LogP contribution in [-0.2, 0) is 18.4 Å². The normalized spacial score (nSPS) is 16.6. The van der Waals surface area contributed by atoms with Crippen molar-refractivity contribution in [2.45, 2.75) is 38.6 Å². The molecule has 6 heteroatoms. The molecule has 4 heterocycles. The summed E-state index contributed by atoms with van der Waals surface area (Å²) in [6, 6.07) is 4.09. The summed E-state index contributed by atoms with van der Waals surface area (Å²) in [7, 11) is 0. The lowest BCUT2D eigenvalue weighted by Gasteiger charge is -2.30. The molecule has 0 aliphatic carbocycles. The van der Waals surface area contributed by atoms with Gasteiger partial charge in [0.1, 0.15) is 5.69 Å². The molecule has 2 aromatic heterocycles. The van der Waals surface area contributed by atoms with Gasteiger partial charge in [0.2, 0.25) is 0 Å².